The predicted molar refractivity (Wildman–Crippen MR) is 310 cm³/mol. The zero-order chi connectivity index (χ0) is 59.0. The first kappa shape index (κ1) is 73.5. The molecule has 3 saturated heterocycles. The maximum atomic E-state index is 13.4. The largest absolute Gasteiger partial charge is 0.394 e. The van der Waals surface area contributed by atoms with Gasteiger partial charge in [0.05, 0.1) is 38.6 Å². The number of hydrogen-bond acceptors (Lipinski definition) is 18. The van der Waals surface area contributed by atoms with Crippen LogP contribution >= 0.6 is 0 Å². The van der Waals surface area contributed by atoms with E-state index in [-0.39, 0.29) is 18.9 Å². The number of nitrogens with one attached hydrogen (secondary N) is 1. The molecule has 0 saturated carbocycles. The SMILES string of the molecule is CCCCCCC/C=C\C/C=C\CCCCCCCCCCCC(=O)NC(COC1OC(CO)C(OC2OC(CO)C(OC3OC(CO)C(O)C(O)C3O)C(O)C2O)C(O)C1O)C(O)CCCCCCCCCCCCCCCCC. The van der Waals surface area contributed by atoms with Gasteiger partial charge in [0.25, 0.3) is 0 Å². The van der Waals surface area contributed by atoms with Crippen molar-refractivity contribution in [2.45, 2.75) is 336 Å². The van der Waals surface area contributed by atoms with Gasteiger partial charge >= 0.3 is 0 Å². The van der Waals surface area contributed by atoms with Crippen molar-refractivity contribution in [2.24, 2.45) is 0 Å². The molecule has 1 amide bonds. The van der Waals surface area contributed by atoms with Crippen molar-refractivity contribution in [1.82, 2.24) is 5.32 Å². The lowest BCUT2D eigenvalue weighted by Crippen LogP contribution is -2.66. The summed E-state index contributed by atoms with van der Waals surface area (Å²) in [5, 5.41) is 120. The molecule has 0 aromatic carbocycles. The average Bonchev–Trinajstić information content (AvgIpc) is 3.46. The summed E-state index contributed by atoms with van der Waals surface area (Å²) in [4.78, 5) is 13.4. The third-order valence-corrected chi connectivity index (χ3v) is 16.3. The lowest BCUT2D eigenvalue weighted by atomic mass is 9.96. The van der Waals surface area contributed by atoms with Crippen LogP contribution in [0.25, 0.3) is 0 Å². The first-order valence-corrected chi connectivity index (χ1v) is 32.1. The molecule has 476 valence electrons. The van der Waals surface area contributed by atoms with Crippen LogP contribution in [0.5, 0.6) is 0 Å². The quantitative estimate of drug-likeness (QED) is 0.0222. The second-order valence-corrected chi connectivity index (χ2v) is 23.2. The van der Waals surface area contributed by atoms with Crippen molar-refractivity contribution in [3.05, 3.63) is 24.3 Å². The molecule has 0 spiro atoms. The van der Waals surface area contributed by atoms with E-state index < -0.39 is 124 Å². The molecule has 81 heavy (non-hydrogen) atoms. The molecule has 0 aliphatic carbocycles. The van der Waals surface area contributed by atoms with E-state index in [0.29, 0.717) is 12.8 Å². The molecule has 0 radical (unpaired) electrons. The van der Waals surface area contributed by atoms with Crippen LogP contribution in [-0.2, 0) is 33.2 Å². The monoisotopic (exact) mass is 1160 g/mol. The molecule has 19 nitrogen and oxygen atoms in total. The summed E-state index contributed by atoms with van der Waals surface area (Å²) in [5.41, 5.74) is 0. The van der Waals surface area contributed by atoms with E-state index in [0.717, 1.165) is 57.8 Å². The van der Waals surface area contributed by atoms with E-state index in [2.05, 4.69) is 43.5 Å². The van der Waals surface area contributed by atoms with Crippen molar-refractivity contribution >= 4 is 5.91 Å². The van der Waals surface area contributed by atoms with Gasteiger partial charge in [-0.3, -0.25) is 4.79 Å². The minimum atomic E-state index is -1.97. The number of carbonyl (C=O) groups is 1. The van der Waals surface area contributed by atoms with Crippen LogP contribution in [0.3, 0.4) is 0 Å². The van der Waals surface area contributed by atoms with Gasteiger partial charge in [0.1, 0.15) is 73.2 Å². The molecule has 3 aliphatic heterocycles. The summed E-state index contributed by atoms with van der Waals surface area (Å²) in [5.74, 6) is -0.246. The Kier molecular flexibility index (Phi) is 41.4. The Morgan fingerprint density at radius 3 is 1.26 bits per heavy atom. The number of ether oxygens (including phenoxy) is 6. The number of carbonyl (C=O) groups excluding carboxylic acids is 1. The molecule has 19 heteroatoms. The van der Waals surface area contributed by atoms with Crippen molar-refractivity contribution < 1.29 is 89.4 Å². The Balaban J connectivity index is 1.47. The van der Waals surface area contributed by atoms with Gasteiger partial charge in [-0.15, -0.1) is 0 Å². The number of hydrogen-bond donors (Lipinski definition) is 12. The minimum Gasteiger partial charge on any atom is -0.394 e. The van der Waals surface area contributed by atoms with Crippen LogP contribution in [0.2, 0.25) is 0 Å². The fourth-order valence-corrected chi connectivity index (χ4v) is 11.0. The zero-order valence-electron chi connectivity index (χ0n) is 49.8. The maximum Gasteiger partial charge on any atom is 0.220 e. The molecule has 17 atom stereocenters. The van der Waals surface area contributed by atoms with Gasteiger partial charge in [0.15, 0.2) is 18.9 Å². The first-order valence-electron chi connectivity index (χ1n) is 32.1. The summed E-state index contributed by atoms with van der Waals surface area (Å²) in [6, 6.07) is -0.887. The van der Waals surface area contributed by atoms with Crippen molar-refractivity contribution in [3.8, 4) is 0 Å². The molecule has 17 unspecified atom stereocenters. The van der Waals surface area contributed by atoms with Crippen LogP contribution < -0.4 is 5.32 Å². The minimum absolute atomic E-state index is 0.246. The van der Waals surface area contributed by atoms with Crippen LogP contribution in [0.1, 0.15) is 232 Å². The van der Waals surface area contributed by atoms with Crippen molar-refractivity contribution in [1.29, 1.82) is 0 Å². The first-order chi connectivity index (χ1) is 39.3. The van der Waals surface area contributed by atoms with Gasteiger partial charge in [-0.1, -0.05) is 205 Å². The number of aliphatic hydroxyl groups is 11. The zero-order valence-corrected chi connectivity index (χ0v) is 49.8. The Morgan fingerprint density at radius 2 is 0.815 bits per heavy atom. The maximum absolute atomic E-state index is 13.4. The molecule has 0 aromatic rings. The van der Waals surface area contributed by atoms with Crippen LogP contribution in [0, 0.1) is 0 Å². The third kappa shape index (κ3) is 29.0. The van der Waals surface area contributed by atoms with Crippen LogP contribution in [0.15, 0.2) is 24.3 Å². The highest BCUT2D eigenvalue weighted by atomic mass is 16.8. The third-order valence-electron chi connectivity index (χ3n) is 16.3. The standard InChI is InChI=1S/C62H115NO18/c1-3-5-7-9-11-13-15-17-19-20-21-22-23-24-26-28-30-32-34-36-38-40-50(68)63-45(46(67)39-37-35-33-31-29-27-25-18-16-14-12-10-8-6-4-2)44-76-60-56(74)53(71)58(48(42-65)78-60)81-62-57(75)54(72)59(49(43-66)79-62)80-61-55(73)52(70)51(69)47(41-64)77-61/h15,17,20-21,45-49,51-62,64-67,69-75H,3-14,16,18-19,22-44H2,1-2H3,(H,63,68)/b17-15-,21-20-. The van der Waals surface area contributed by atoms with E-state index in [4.69, 9.17) is 28.4 Å². The number of rotatable bonds is 48. The highest BCUT2D eigenvalue weighted by Crippen LogP contribution is 2.33. The second kappa shape index (κ2) is 45.6. The Bertz CT molecular complexity index is 1580. The molecule has 0 aromatic heterocycles. The van der Waals surface area contributed by atoms with Gasteiger partial charge in [-0.25, -0.2) is 0 Å². The summed E-state index contributed by atoms with van der Waals surface area (Å²) in [6.45, 7) is 1.79. The number of unbranched alkanes of at least 4 members (excludes halogenated alkanes) is 28. The molecule has 12 N–H and O–H groups in total. The number of aliphatic hydroxyl groups excluding tert-OH is 11. The fourth-order valence-electron chi connectivity index (χ4n) is 11.0. The van der Waals surface area contributed by atoms with Crippen molar-refractivity contribution in [3.63, 3.8) is 0 Å². The van der Waals surface area contributed by atoms with Gasteiger partial charge < -0.3 is 89.9 Å². The van der Waals surface area contributed by atoms with Crippen LogP contribution in [0.4, 0.5) is 0 Å². The second-order valence-electron chi connectivity index (χ2n) is 23.2. The molecule has 3 heterocycles. The Hall–Kier alpha value is -1.73. The molecule has 3 aliphatic rings. The molecular weight excluding hydrogens is 1050 g/mol. The normalized spacial score (nSPS) is 29.9. The lowest BCUT2D eigenvalue weighted by Gasteiger charge is -2.48. The average molecular weight is 1160 g/mol. The van der Waals surface area contributed by atoms with Gasteiger partial charge in [-0.2, -0.15) is 0 Å². The highest BCUT2D eigenvalue weighted by molar-refractivity contribution is 5.76. The van der Waals surface area contributed by atoms with E-state index in [1.807, 2.05) is 0 Å². The molecule has 0 bridgehead atoms. The molecule has 3 rings (SSSR count). The number of amides is 1. The topological polar surface area (TPSA) is 307 Å². The van der Waals surface area contributed by atoms with Gasteiger partial charge in [-0.05, 0) is 44.9 Å². The number of allylic oxidation sites excluding steroid dienone is 4. The smallest absolute Gasteiger partial charge is 0.220 e. The highest BCUT2D eigenvalue weighted by Gasteiger charge is 2.53. The van der Waals surface area contributed by atoms with Crippen molar-refractivity contribution in [2.75, 3.05) is 26.4 Å². The molecule has 3 fully saturated rings. The van der Waals surface area contributed by atoms with Gasteiger partial charge in [0, 0.05) is 6.42 Å². The molecular formula is C62H115NO18. The van der Waals surface area contributed by atoms with Gasteiger partial charge in [0.2, 0.25) is 5.91 Å². The summed E-state index contributed by atoms with van der Waals surface area (Å²) >= 11 is 0. The Labute approximate surface area is 486 Å². The lowest BCUT2D eigenvalue weighted by molar-refractivity contribution is -0.379. The van der Waals surface area contributed by atoms with E-state index >= 15 is 0 Å². The predicted octanol–water partition coefficient (Wildman–Crippen LogP) is 6.71. The summed E-state index contributed by atoms with van der Waals surface area (Å²) < 4.78 is 34.3. The van der Waals surface area contributed by atoms with E-state index in [1.165, 1.54) is 141 Å². The summed E-state index contributed by atoms with van der Waals surface area (Å²) in [6.07, 6.45) is 21.1. The Morgan fingerprint density at radius 1 is 0.444 bits per heavy atom. The van der Waals surface area contributed by atoms with E-state index in [1.54, 1.807) is 0 Å². The summed E-state index contributed by atoms with van der Waals surface area (Å²) in [7, 11) is 0. The van der Waals surface area contributed by atoms with Crippen LogP contribution in [-0.4, -0.2) is 193 Å². The van der Waals surface area contributed by atoms with E-state index in [9.17, 15) is 61.0 Å². The fraction of sp³-hybridized carbons (Fsp3) is 0.919.